The number of nitrogens with one attached hydrogen (secondary N) is 1. The average Bonchev–Trinajstić information content (AvgIpc) is 2.30. The molecule has 0 aliphatic carbocycles. The van der Waals surface area contributed by atoms with Crippen LogP contribution in [0.3, 0.4) is 0 Å². The van der Waals surface area contributed by atoms with Gasteiger partial charge in [0.2, 0.25) is 0 Å². The van der Waals surface area contributed by atoms with Crippen molar-refractivity contribution in [3.63, 3.8) is 0 Å². The number of hydrogen-bond donors (Lipinski definition) is 2. The second-order valence-electron chi connectivity index (χ2n) is 4.58. The second kappa shape index (κ2) is 4.75. The number of anilines is 1. The van der Waals surface area contributed by atoms with Crippen LogP contribution in [0.2, 0.25) is 0 Å². The summed E-state index contributed by atoms with van der Waals surface area (Å²) in [5, 5.41) is 3.34. The zero-order chi connectivity index (χ0) is 12.4. The van der Waals surface area contributed by atoms with Crippen molar-refractivity contribution in [3.8, 4) is 0 Å². The Bertz CT molecular complexity index is 431. The van der Waals surface area contributed by atoms with E-state index in [4.69, 9.17) is 5.73 Å². The molecule has 1 atom stereocenters. The number of nitrogens with two attached hydrogens (primary N) is 1. The minimum Gasteiger partial charge on any atom is -0.366 e. The molecule has 1 aliphatic heterocycles. The predicted molar refractivity (Wildman–Crippen MR) is 69.4 cm³/mol. The minimum absolute atomic E-state index is 0.352. The Kier molecular flexibility index (Phi) is 3.33. The van der Waals surface area contributed by atoms with E-state index in [1.807, 2.05) is 19.1 Å². The van der Waals surface area contributed by atoms with Crippen LogP contribution < -0.4 is 16.0 Å². The van der Waals surface area contributed by atoms with E-state index >= 15 is 0 Å². The first-order valence-electron chi connectivity index (χ1n) is 5.98. The minimum atomic E-state index is -0.352. The van der Waals surface area contributed by atoms with Gasteiger partial charge in [-0.25, -0.2) is 0 Å². The Morgan fingerprint density at radius 2 is 2.29 bits per heavy atom. The number of hydrogen-bond acceptors (Lipinski definition) is 3. The number of rotatable bonds is 2. The molecule has 0 aromatic heterocycles. The van der Waals surface area contributed by atoms with E-state index < -0.39 is 0 Å². The molecule has 1 fully saturated rings. The zero-order valence-corrected chi connectivity index (χ0v) is 10.4. The first-order valence-corrected chi connectivity index (χ1v) is 5.98. The smallest absolute Gasteiger partial charge is 0.250 e. The number of para-hydroxylation sites is 1. The van der Waals surface area contributed by atoms with Crippen LogP contribution in [0.25, 0.3) is 0 Å². The van der Waals surface area contributed by atoms with E-state index in [1.54, 1.807) is 6.07 Å². The van der Waals surface area contributed by atoms with E-state index in [0.29, 0.717) is 11.6 Å². The van der Waals surface area contributed by atoms with Crippen molar-refractivity contribution in [1.29, 1.82) is 0 Å². The van der Waals surface area contributed by atoms with Crippen molar-refractivity contribution < 1.29 is 4.79 Å². The first kappa shape index (κ1) is 11.9. The van der Waals surface area contributed by atoms with Crippen molar-refractivity contribution in [2.45, 2.75) is 19.9 Å². The number of carbonyl (C=O) groups is 1. The van der Waals surface area contributed by atoms with Crippen LogP contribution >= 0.6 is 0 Å². The largest absolute Gasteiger partial charge is 0.366 e. The van der Waals surface area contributed by atoms with Crippen LogP contribution in [-0.2, 0) is 0 Å². The quantitative estimate of drug-likeness (QED) is 0.797. The summed E-state index contributed by atoms with van der Waals surface area (Å²) in [6.45, 7) is 6.97. The molecule has 17 heavy (non-hydrogen) atoms. The highest BCUT2D eigenvalue weighted by Crippen LogP contribution is 2.27. The molecule has 4 heteroatoms. The summed E-state index contributed by atoms with van der Waals surface area (Å²) in [6, 6.07) is 6.09. The molecule has 4 nitrogen and oxygen atoms in total. The van der Waals surface area contributed by atoms with Crippen LogP contribution in [0.15, 0.2) is 18.2 Å². The third kappa shape index (κ3) is 2.26. The van der Waals surface area contributed by atoms with Crippen LogP contribution in [0.1, 0.15) is 22.8 Å². The second-order valence-corrected chi connectivity index (χ2v) is 4.58. The van der Waals surface area contributed by atoms with Gasteiger partial charge in [0, 0.05) is 25.7 Å². The molecule has 1 aromatic rings. The maximum atomic E-state index is 11.5. The topological polar surface area (TPSA) is 58.4 Å². The lowest BCUT2D eigenvalue weighted by molar-refractivity contribution is 0.100. The van der Waals surface area contributed by atoms with Crippen molar-refractivity contribution in [1.82, 2.24) is 5.32 Å². The number of carbonyl (C=O) groups excluding carboxylic acids is 1. The fourth-order valence-corrected chi connectivity index (χ4v) is 2.41. The molecule has 0 saturated carbocycles. The molecule has 0 bridgehead atoms. The number of piperazine rings is 1. The van der Waals surface area contributed by atoms with Gasteiger partial charge in [0.05, 0.1) is 11.3 Å². The third-order valence-corrected chi connectivity index (χ3v) is 3.29. The molecular weight excluding hydrogens is 214 g/mol. The lowest BCUT2D eigenvalue weighted by Crippen LogP contribution is -2.50. The highest BCUT2D eigenvalue weighted by molar-refractivity contribution is 5.99. The Morgan fingerprint density at radius 1 is 1.53 bits per heavy atom. The van der Waals surface area contributed by atoms with Crippen molar-refractivity contribution in [2.75, 3.05) is 24.5 Å². The molecule has 1 saturated heterocycles. The Hall–Kier alpha value is -1.55. The summed E-state index contributed by atoms with van der Waals surface area (Å²) in [7, 11) is 0. The summed E-state index contributed by atoms with van der Waals surface area (Å²) in [4.78, 5) is 13.8. The maximum absolute atomic E-state index is 11.5. The van der Waals surface area contributed by atoms with Gasteiger partial charge in [-0.2, -0.15) is 0 Å². The van der Waals surface area contributed by atoms with Crippen molar-refractivity contribution >= 4 is 11.6 Å². The Labute approximate surface area is 102 Å². The highest BCUT2D eigenvalue weighted by Gasteiger charge is 2.23. The highest BCUT2D eigenvalue weighted by atomic mass is 16.1. The Morgan fingerprint density at radius 3 is 2.94 bits per heavy atom. The fraction of sp³-hybridized carbons (Fsp3) is 0.462. The maximum Gasteiger partial charge on any atom is 0.250 e. The number of nitrogens with zero attached hydrogens (tertiary/aromatic N) is 1. The molecular formula is C13H19N3O. The van der Waals surface area contributed by atoms with Crippen LogP contribution in [0, 0.1) is 6.92 Å². The van der Waals surface area contributed by atoms with Crippen molar-refractivity contribution in [3.05, 3.63) is 29.3 Å². The summed E-state index contributed by atoms with van der Waals surface area (Å²) in [6.07, 6.45) is 0. The van der Waals surface area contributed by atoms with E-state index in [-0.39, 0.29) is 5.91 Å². The molecule has 0 radical (unpaired) electrons. The standard InChI is InChI=1S/C13H19N3O/c1-9-4-3-5-11(13(14)17)12(9)16-7-6-15-8-10(16)2/h3-5,10,15H,6-8H2,1-2H3,(H2,14,17). The lowest BCUT2D eigenvalue weighted by atomic mass is 10.0. The van der Waals surface area contributed by atoms with Crippen molar-refractivity contribution in [2.24, 2.45) is 5.73 Å². The molecule has 0 spiro atoms. The predicted octanol–water partition coefficient (Wildman–Crippen LogP) is 0.892. The monoisotopic (exact) mass is 233 g/mol. The van der Waals surface area contributed by atoms with E-state index in [9.17, 15) is 4.79 Å². The van der Waals surface area contributed by atoms with Gasteiger partial charge in [-0.05, 0) is 25.5 Å². The zero-order valence-electron chi connectivity index (χ0n) is 10.4. The van der Waals surface area contributed by atoms with Gasteiger partial charge >= 0.3 is 0 Å². The number of benzene rings is 1. The first-order chi connectivity index (χ1) is 8.11. The van der Waals surface area contributed by atoms with Gasteiger partial charge in [-0.3, -0.25) is 4.79 Å². The molecule has 1 heterocycles. The number of aryl methyl sites for hydroxylation is 1. The van der Waals surface area contributed by atoms with Gasteiger partial charge in [0.15, 0.2) is 0 Å². The molecule has 1 amide bonds. The molecule has 1 aromatic carbocycles. The Balaban J connectivity index is 2.45. The summed E-state index contributed by atoms with van der Waals surface area (Å²) in [5.74, 6) is -0.352. The molecule has 3 N–H and O–H groups in total. The normalized spacial score (nSPS) is 20.4. The summed E-state index contributed by atoms with van der Waals surface area (Å²) < 4.78 is 0. The van der Waals surface area contributed by atoms with Crippen LogP contribution in [0.4, 0.5) is 5.69 Å². The van der Waals surface area contributed by atoms with Gasteiger partial charge in [-0.15, -0.1) is 0 Å². The molecule has 92 valence electrons. The van der Waals surface area contributed by atoms with Gasteiger partial charge in [0.1, 0.15) is 0 Å². The fourth-order valence-electron chi connectivity index (χ4n) is 2.41. The number of primary amides is 1. The SMILES string of the molecule is Cc1cccc(C(N)=O)c1N1CCNCC1C. The summed E-state index contributed by atoms with van der Waals surface area (Å²) in [5.41, 5.74) is 8.18. The van der Waals surface area contributed by atoms with E-state index in [2.05, 4.69) is 17.1 Å². The average molecular weight is 233 g/mol. The van der Waals surface area contributed by atoms with Crippen LogP contribution in [-0.4, -0.2) is 31.6 Å². The van der Waals surface area contributed by atoms with Gasteiger partial charge in [0.25, 0.3) is 5.91 Å². The lowest BCUT2D eigenvalue weighted by Gasteiger charge is -2.37. The van der Waals surface area contributed by atoms with Gasteiger partial charge in [-0.1, -0.05) is 12.1 Å². The van der Waals surface area contributed by atoms with E-state index in [0.717, 1.165) is 30.9 Å². The molecule has 1 unspecified atom stereocenters. The third-order valence-electron chi connectivity index (χ3n) is 3.29. The van der Waals surface area contributed by atoms with E-state index in [1.165, 1.54) is 0 Å². The molecule has 2 rings (SSSR count). The summed E-state index contributed by atoms with van der Waals surface area (Å²) >= 11 is 0. The molecule has 1 aliphatic rings. The van der Waals surface area contributed by atoms with Gasteiger partial charge < -0.3 is 16.0 Å². The number of amides is 1. The van der Waals surface area contributed by atoms with Crippen LogP contribution in [0.5, 0.6) is 0 Å².